The summed E-state index contributed by atoms with van der Waals surface area (Å²) in [6.45, 7) is 0. The average Bonchev–Trinajstić information content (AvgIpc) is 2.66. The molecule has 0 fully saturated rings. The molecule has 1 aromatic heterocycles. The minimum Gasteiger partial charge on any atom is -0.423 e. The number of nitrogens with one attached hydrogen (secondary N) is 2. The van der Waals surface area contributed by atoms with Crippen LogP contribution in [0.4, 0.5) is 14.9 Å². The Hall–Kier alpha value is -2.79. The molecule has 142 valence electrons. The van der Waals surface area contributed by atoms with Crippen LogP contribution in [0.1, 0.15) is 10.4 Å². The zero-order valence-corrected chi connectivity index (χ0v) is 16.9. The van der Waals surface area contributed by atoms with Crippen molar-refractivity contribution in [3.63, 3.8) is 0 Å². The Morgan fingerprint density at radius 2 is 1.82 bits per heavy atom. The Labute approximate surface area is 177 Å². The second kappa shape index (κ2) is 8.93. The van der Waals surface area contributed by atoms with Crippen LogP contribution in [0.5, 0.6) is 11.8 Å². The SMILES string of the molecule is O=C(NC(=O)c1ccccc1F)Nc1ccc(Oc2ncc(I)cn2)c(Cl)c1. The minimum absolute atomic E-state index is 0.122. The molecule has 0 aliphatic heterocycles. The summed E-state index contributed by atoms with van der Waals surface area (Å²) in [6, 6.07) is 9.08. The number of imide groups is 1. The number of hydrogen-bond donors (Lipinski definition) is 2. The van der Waals surface area contributed by atoms with Crippen molar-refractivity contribution in [2.75, 3.05) is 5.32 Å². The summed E-state index contributed by atoms with van der Waals surface area (Å²) in [6.07, 6.45) is 3.17. The van der Waals surface area contributed by atoms with Gasteiger partial charge in [-0.2, -0.15) is 0 Å². The van der Waals surface area contributed by atoms with Gasteiger partial charge in [0.25, 0.3) is 5.91 Å². The second-order valence-corrected chi connectivity index (χ2v) is 6.97. The fourth-order valence-corrected chi connectivity index (χ4v) is 2.59. The number of ether oxygens (including phenoxy) is 1. The molecule has 0 spiro atoms. The largest absolute Gasteiger partial charge is 0.423 e. The van der Waals surface area contributed by atoms with Crippen LogP contribution in [0.25, 0.3) is 0 Å². The van der Waals surface area contributed by atoms with E-state index in [4.69, 9.17) is 16.3 Å². The molecule has 3 aromatic rings. The molecular weight excluding hydrogens is 502 g/mol. The summed E-state index contributed by atoms with van der Waals surface area (Å²) in [5.41, 5.74) is 0.0664. The third kappa shape index (κ3) is 5.14. The van der Waals surface area contributed by atoms with Crippen LogP contribution in [0, 0.1) is 9.39 Å². The number of benzene rings is 2. The van der Waals surface area contributed by atoms with Gasteiger partial charge in [-0.1, -0.05) is 23.7 Å². The lowest BCUT2D eigenvalue weighted by Crippen LogP contribution is -2.34. The van der Waals surface area contributed by atoms with E-state index in [1.54, 1.807) is 12.4 Å². The Bertz CT molecular complexity index is 1030. The number of urea groups is 1. The molecule has 0 radical (unpaired) electrons. The maximum Gasteiger partial charge on any atom is 0.326 e. The first-order valence-electron chi connectivity index (χ1n) is 7.74. The van der Waals surface area contributed by atoms with Gasteiger partial charge in [-0.3, -0.25) is 10.1 Å². The smallest absolute Gasteiger partial charge is 0.326 e. The highest BCUT2D eigenvalue weighted by molar-refractivity contribution is 14.1. The van der Waals surface area contributed by atoms with E-state index in [0.717, 1.165) is 9.64 Å². The lowest BCUT2D eigenvalue weighted by molar-refractivity contribution is 0.0963. The van der Waals surface area contributed by atoms with Gasteiger partial charge in [-0.15, -0.1) is 0 Å². The molecule has 10 heteroatoms. The number of anilines is 1. The van der Waals surface area contributed by atoms with Crippen LogP contribution >= 0.6 is 34.2 Å². The quantitative estimate of drug-likeness (QED) is 0.498. The number of hydrogen-bond acceptors (Lipinski definition) is 5. The second-order valence-electron chi connectivity index (χ2n) is 5.32. The Balaban J connectivity index is 1.63. The average molecular weight is 513 g/mol. The van der Waals surface area contributed by atoms with Gasteiger partial charge in [0, 0.05) is 21.7 Å². The van der Waals surface area contributed by atoms with Gasteiger partial charge in [0.1, 0.15) is 11.6 Å². The van der Waals surface area contributed by atoms with Crippen molar-refractivity contribution in [2.45, 2.75) is 0 Å². The molecule has 0 aliphatic rings. The third-order valence-corrected chi connectivity index (χ3v) is 4.19. The molecule has 2 aromatic carbocycles. The monoisotopic (exact) mass is 512 g/mol. The first kappa shape index (κ1) is 20.0. The number of aromatic nitrogens is 2. The van der Waals surface area contributed by atoms with Crippen LogP contribution in [0.3, 0.4) is 0 Å². The normalized spacial score (nSPS) is 10.2. The van der Waals surface area contributed by atoms with Crippen molar-refractivity contribution < 1.29 is 18.7 Å². The van der Waals surface area contributed by atoms with Crippen molar-refractivity contribution >= 4 is 51.8 Å². The number of amides is 3. The zero-order chi connectivity index (χ0) is 20.1. The number of nitrogens with zero attached hydrogens (tertiary/aromatic N) is 2. The van der Waals surface area contributed by atoms with Crippen LogP contribution in [-0.2, 0) is 0 Å². The predicted molar refractivity (Wildman–Crippen MR) is 109 cm³/mol. The lowest BCUT2D eigenvalue weighted by Gasteiger charge is -2.10. The van der Waals surface area contributed by atoms with E-state index >= 15 is 0 Å². The van der Waals surface area contributed by atoms with Gasteiger partial charge in [-0.05, 0) is 52.9 Å². The molecular formula is C18H11ClFIN4O3. The fraction of sp³-hybridized carbons (Fsp3) is 0. The van der Waals surface area contributed by atoms with Crippen LogP contribution in [0.2, 0.25) is 5.02 Å². The van der Waals surface area contributed by atoms with E-state index in [1.807, 2.05) is 5.32 Å². The highest BCUT2D eigenvalue weighted by Gasteiger charge is 2.15. The number of carbonyl (C=O) groups is 2. The Kier molecular flexibility index (Phi) is 6.37. The molecule has 2 N–H and O–H groups in total. The van der Waals surface area contributed by atoms with Gasteiger partial charge in [0.05, 0.1) is 10.6 Å². The molecule has 0 saturated heterocycles. The third-order valence-electron chi connectivity index (χ3n) is 3.33. The summed E-state index contributed by atoms with van der Waals surface area (Å²) >= 11 is 8.21. The molecule has 1 heterocycles. The first-order valence-corrected chi connectivity index (χ1v) is 9.20. The number of halogens is 3. The summed E-state index contributed by atoms with van der Waals surface area (Å²) in [7, 11) is 0. The summed E-state index contributed by atoms with van der Waals surface area (Å²) in [4.78, 5) is 31.9. The predicted octanol–water partition coefficient (Wildman–Crippen LogP) is 4.63. The highest BCUT2D eigenvalue weighted by atomic mass is 127. The van der Waals surface area contributed by atoms with E-state index in [0.29, 0.717) is 5.69 Å². The molecule has 28 heavy (non-hydrogen) atoms. The van der Waals surface area contributed by atoms with Crippen molar-refractivity contribution in [2.24, 2.45) is 0 Å². The first-order chi connectivity index (χ1) is 13.4. The Morgan fingerprint density at radius 3 is 2.50 bits per heavy atom. The van der Waals surface area contributed by atoms with Crippen molar-refractivity contribution in [3.05, 3.63) is 74.8 Å². The molecule has 0 bridgehead atoms. The van der Waals surface area contributed by atoms with E-state index < -0.39 is 17.8 Å². The summed E-state index contributed by atoms with van der Waals surface area (Å²) in [5, 5.41) is 4.67. The van der Waals surface area contributed by atoms with Gasteiger partial charge in [0.2, 0.25) is 0 Å². The van der Waals surface area contributed by atoms with Gasteiger partial charge in [-0.25, -0.2) is 19.2 Å². The number of rotatable bonds is 4. The van der Waals surface area contributed by atoms with E-state index in [9.17, 15) is 14.0 Å². The molecule has 0 saturated carbocycles. The Morgan fingerprint density at radius 1 is 1.11 bits per heavy atom. The van der Waals surface area contributed by atoms with Crippen LogP contribution in [-0.4, -0.2) is 21.9 Å². The molecule has 3 amide bonds. The van der Waals surface area contributed by atoms with Gasteiger partial charge < -0.3 is 10.1 Å². The zero-order valence-electron chi connectivity index (χ0n) is 13.9. The molecule has 3 rings (SSSR count). The van der Waals surface area contributed by atoms with E-state index in [2.05, 4.69) is 37.9 Å². The maximum atomic E-state index is 13.6. The molecule has 0 unspecified atom stereocenters. The standard InChI is InChI=1S/C18H11ClFIN4O3/c19-13-7-11(5-6-15(13)28-18-22-8-10(21)9-23-18)24-17(27)25-16(26)12-3-1-2-4-14(12)20/h1-9H,(H2,24,25,26,27). The molecule has 0 atom stereocenters. The van der Waals surface area contributed by atoms with Crippen molar-refractivity contribution in [3.8, 4) is 11.8 Å². The summed E-state index contributed by atoms with van der Waals surface area (Å²) in [5.74, 6) is -1.30. The van der Waals surface area contributed by atoms with Crippen molar-refractivity contribution in [1.82, 2.24) is 15.3 Å². The fourth-order valence-electron chi connectivity index (χ4n) is 2.09. The topological polar surface area (TPSA) is 93.2 Å². The van der Waals surface area contributed by atoms with Crippen LogP contribution < -0.4 is 15.4 Å². The van der Waals surface area contributed by atoms with Crippen LogP contribution in [0.15, 0.2) is 54.9 Å². The molecule has 7 nitrogen and oxygen atoms in total. The maximum absolute atomic E-state index is 13.6. The van der Waals surface area contributed by atoms with Gasteiger partial charge >= 0.3 is 12.0 Å². The molecule has 0 aliphatic carbocycles. The van der Waals surface area contributed by atoms with E-state index in [-0.39, 0.29) is 22.3 Å². The minimum atomic E-state index is -0.863. The van der Waals surface area contributed by atoms with Crippen molar-refractivity contribution in [1.29, 1.82) is 0 Å². The summed E-state index contributed by atoms with van der Waals surface area (Å²) < 4.78 is 19.9. The highest BCUT2D eigenvalue weighted by Crippen LogP contribution is 2.30. The lowest BCUT2D eigenvalue weighted by atomic mass is 10.2. The van der Waals surface area contributed by atoms with E-state index in [1.165, 1.54) is 36.4 Å². The number of carbonyl (C=O) groups excluding carboxylic acids is 2. The van der Waals surface area contributed by atoms with Gasteiger partial charge in [0.15, 0.2) is 0 Å².